The van der Waals surface area contributed by atoms with Gasteiger partial charge in [-0.3, -0.25) is 4.98 Å². The highest BCUT2D eigenvalue weighted by atomic mass is 35.5. The minimum atomic E-state index is -0.437. The third-order valence-electron chi connectivity index (χ3n) is 2.06. The lowest BCUT2D eigenvalue weighted by molar-refractivity contribution is 0.298. The van der Waals surface area contributed by atoms with E-state index in [1.807, 2.05) is 0 Å². The minimum absolute atomic E-state index is 0.104. The molecule has 0 aliphatic rings. The molecule has 0 saturated carbocycles. The van der Waals surface area contributed by atoms with E-state index in [9.17, 15) is 4.39 Å². The van der Waals surface area contributed by atoms with Gasteiger partial charge in [-0.1, -0.05) is 23.7 Å². The third-order valence-corrected chi connectivity index (χ3v) is 2.35. The second-order valence-electron chi connectivity index (χ2n) is 3.19. The quantitative estimate of drug-likeness (QED) is 0.816. The van der Waals surface area contributed by atoms with Gasteiger partial charge >= 0.3 is 0 Å². The van der Waals surface area contributed by atoms with Gasteiger partial charge in [-0.05, 0) is 18.2 Å². The van der Waals surface area contributed by atoms with Gasteiger partial charge in [0.15, 0.2) is 0 Å². The van der Waals surface area contributed by atoms with Crippen molar-refractivity contribution >= 4 is 11.6 Å². The van der Waals surface area contributed by atoms with E-state index < -0.39 is 5.82 Å². The van der Waals surface area contributed by atoms with Crippen LogP contribution in [0.1, 0.15) is 5.56 Å². The van der Waals surface area contributed by atoms with E-state index in [-0.39, 0.29) is 11.6 Å². The van der Waals surface area contributed by atoms with Crippen molar-refractivity contribution in [3.05, 3.63) is 59.1 Å². The summed E-state index contributed by atoms with van der Waals surface area (Å²) in [5.74, 6) is 0.162. The molecule has 0 saturated heterocycles. The molecule has 0 bridgehead atoms. The van der Waals surface area contributed by atoms with Crippen molar-refractivity contribution in [1.82, 2.24) is 4.98 Å². The maximum Gasteiger partial charge on any atom is 0.148 e. The first-order valence-corrected chi connectivity index (χ1v) is 5.11. The van der Waals surface area contributed by atoms with Crippen molar-refractivity contribution in [3.63, 3.8) is 0 Å². The summed E-state index contributed by atoms with van der Waals surface area (Å²) >= 11 is 5.65. The van der Waals surface area contributed by atoms with Gasteiger partial charge in [0, 0.05) is 11.8 Å². The zero-order valence-corrected chi connectivity index (χ0v) is 9.12. The number of benzene rings is 1. The van der Waals surface area contributed by atoms with Crippen molar-refractivity contribution in [2.24, 2.45) is 0 Å². The lowest BCUT2D eigenvalue weighted by Crippen LogP contribution is -1.98. The molecule has 0 aliphatic heterocycles. The van der Waals surface area contributed by atoms with E-state index in [0.29, 0.717) is 11.3 Å². The second kappa shape index (κ2) is 4.94. The molecule has 0 N–H and O–H groups in total. The second-order valence-corrected chi connectivity index (χ2v) is 3.60. The van der Waals surface area contributed by atoms with E-state index >= 15 is 0 Å². The first-order chi connectivity index (χ1) is 7.77. The highest BCUT2D eigenvalue weighted by Crippen LogP contribution is 2.19. The SMILES string of the molecule is Fc1c(Cl)cccc1COc1cccnc1. The molecule has 0 radical (unpaired) electrons. The van der Waals surface area contributed by atoms with Crippen molar-refractivity contribution in [2.45, 2.75) is 6.61 Å². The van der Waals surface area contributed by atoms with Crippen LogP contribution in [0, 0.1) is 5.82 Å². The summed E-state index contributed by atoms with van der Waals surface area (Å²) in [7, 11) is 0. The largest absolute Gasteiger partial charge is 0.487 e. The van der Waals surface area contributed by atoms with E-state index in [1.54, 1.807) is 36.7 Å². The molecule has 0 spiro atoms. The topological polar surface area (TPSA) is 22.1 Å². The molecular formula is C12H9ClFNO. The van der Waals surface area contributed by atoms with E-state index in [4.69, 9.17) is 16.3 Å². The first kappa shape index (κ1) is 10.9. The van der Waals surface area contributed by atoms with Crippen LogP contribution in [0.2, 0.25) is 5.02 Å². The fourth-order valence-corrected chi connectivity index (χ4v) is 1.45. The van der Waals surface area contributed by atoms with E-state index in [1.165, 1.54) is 6.07 Å². The molecule has 1 aromatic heterocycles. The molecule has 2 rings (SSSR count). The number of aromatic nitrogens is 1. The fourth-order valence-electron chi connectivity index (χ4n) is 1.25. The lowest BCUT2D eigenvalue weighted by atomic mass is 10.2. The number of pyridine rings is 1. The highest BCUT2D eigenvalue weighted by molar-refractivity contribution is 6.30. The Kier molecular flexibility index (Phi) is 3.37. The predicted molar refractivity (Wildman–Crippen MR) is 60.0 cm³/mol. The molecule has 4 heteroatoms. The van der Waals surface area contributed by atoms with Gasteiger partial charge in [0.1, 0.15) is 18.2 Å². The zero-order valence-electron chi connectivity index (χ0n) is 8.36. The number of ether oxygens (including phenoxy) is 1. The summed E-state index contributed by atoms with van der Waals surface area (Å²) in [5.41, 5.74) is 0.427. The standard InChI is InChI=1S/C12H9ClFNO/c13-11-5-1-3-9(12(11)14)8-16-10-4-2-6-15-7-10/h1-7H,8H2. The maximum atomic E-state index is 13.5. The first-order valence-electron chi connectivity index (χ1n) is 4.73. The molecule has 2 nitrogen and oxygen atoms in total. The maximum absolute atomic E-state index is 13.5. The molecule has 1 aromatic carbocycles. The van der Waals surface area contributed by atoms with E-state index in [2.05, 4.69) is 4.98 Å². The molecule has 82 valence electrons. The number of halogens is 2. The number of rotatable bonds is 3. The Labute approximate surface area is 97.7 Å². The predicted octanol–water partition coefficient (Wildman–Crippen LogP) is 3.45. The van der Waals surface area contributed by atoms with Crippen molar-refractivity contribution in [1.29, 1.82) is 0 Å². The summed E-state index contributed by atoms with van der Waals surface area (Å²) < 4.78 is 18.8. The Morgan fingerprint density at radius 3 is 2.88 bits per heavy atom. The highest BCUT2D eigenvalue weighted by Gasteiger charge is 2.06. The number of hydrogen-bond acceptors (Lipinski definition) is 2. The van der Waals surface area contributed by atoms with Gasteiger partial charge in [-0.15, -0.1) is 0 Å². The smallest absolute Gasteiger partial charge is 0.148 e. The van der Waals surface area contributed by atoms with Crippen molar-refractivity contribution < 1.29 is 9.13 Å². The van der Waals surface area contributed by atoms with Crippen LogP contribution >= 0.6 is 11.6 Å². The molecule has 0 atom stereocenters. The molecule has 0 amide bonds. The molecule has 0 aliphatic carbocycles. The lowest BCUT2D eigenvalue weighted by Gasteiger charge is -2.07. The molecule has 0 unspecified atom stereocenters. The Morgan fingerprint density at radius 1 is 1.25 bits per heavy atom. The molecule has 16 heavy (non-hydrogen) atoms. The Bertz CT molecular complexity index is 476. The minimum Gasteiger partial charge on any atom is -0.487 e. The Balaban J connectivity index is 2.08. The Hall–Kier alpha value is -1.61. The van der Waals surface area contributed by atoms with Crippen LogP contribution in [0.4, 0.5) is 4.39 Å². The van der Waals surface area contributed by atoms with Crippen LogP contribution in [-0.2, 0) is 6.61 Å². The van der Waals surface area contributed by atoms with Gasteiger partial charge in [0.2, 0.25) is 0 Å². The van der Waals surface area contributed by atoms with Crippen LogP contribution in [0.3, 0.4) is 0 Å². The zero-order chi connectivity index (χ0) is 11.4. The summed E-state index contributed by atoms with van der Waals surface area (Å²) in [4.78, 5) is 3.89. The van der Waals surface area contributed by atoms with Crippen molar-refractivity contribution in [2.75, 3.05) is 0 Å². The van der Waals surface area contributed by atoms with Gasteiger partial charge in [-0.2, -0.15) is 0 Å². The van der Waals surface area contributed by atoms with Gasteiger partial charge < -0.3 is 4.74 Å². The molecule has 1 heterocycles. The van der Waals surface area contributed by atoms with Gasteiger partial charge in [0.25, 0.3) is 0 Å². The van der Waals surface area contributed by atoms with Crippen LogP contribution in [0.5, 0.6) is 5.75 Å². The van der Waals surface area contributed by atoms with Gasteiger partial charge in [-0.25, -0.2) is 4.39 Å². The number of hydrogen-bond donors (Lipinski definition) is 0. The summed E-state index contributed by atoms with van der Waals surface area (Å²) in [6, 6.07) is 8.34. The van der Waals surface area contributed by atoms with Crippen LogP contribution < -0.4 is 4.74 Å². The monoisotopic (exact) mass is 237 g/mol. The number of nitrogens with zero attached hydrogens (tertiary/aromatic N) is 1. The molecular weight excluding hydrogens is 229 g/mol. The van der Waals surface area contributed by atoms with Crippen LogP contribution in [-0.4, -0.2) is 4.98 Å². The summed E-state index contributed by atoms with van der Waals surface area (Å²) in [6.07, 6.45) is 3.22. The average molecular weight is 238 g/mol. The van der Waals surface area contributed by atoms with Crippen LogP contribution in [0.25, 0.3) is 0 Å². The summed E-state index contributed by atoms with van der Waals surface area (Å²) in [6.45, 7) is 0.137. The van der Waals surface area contributed by atoms with Crippen molar-refractivity contribution in [3.8, 4) is 5.75 Å². The third kappa shape index (κ3) is 2.49. The van der Waals surface area contributed by atoms with Crippen LogP contribution in [0.15, 0.2) is 42.7 Å². The Morgan fingerprint density at radius 2 is 2.12 bits per heavy atom. The molecule has 2 aromatic rings. The fraction of sp³-hybridized carbons (Fsp3) is 0.0833. The normalized spacial score (nSPS) is 10.1. The molecule has 0 fully saturated rings. The van der Waals surface area contributed by atoms with Gasteiger partial charge in [0.05, 0.1) is 11.2 Å². The average Bonchev–Trinajstić information content (AvgIpc) is 2.32. The van der Waals surface area contributed by atoms with E-state index in [0.717, 1.165) is 0 Å². The summed E-state index contributed by atoms with van der Waals surface area (Å²) in [5, 5.41) is 0.104.